The molecule has 0 aromatic heterocycles. The van der Waals surface area contributed by atoms with Gasteiger partial charge in [0, 0.05) is 18.2 Å². The van der Waals surface area contributed by atoms with Gasteiger partial charge < -0.3 is 10.6 Å². The molecule has 1 fully saturated rings. The average Bonchev–Trinajstić information content (AvgIpc) is 2.58. The van der Waals surface area contributed by atoms with Crippen LogP contribution in [-0.4, -0.2) is 25.0 Å². The van der Waals surface area contributed by atoms with E-state index in [4.69, 9.17) is 0 Å². The molecule has 1 amide bonds. The van der Waals surface area contributed by atoms with E-state index in [0.717, 1.165) is 30.6 Å². The monoisotopic (exact) mass is 330 g/mol. The Hall–Kier alpha value is -1.84. The number of amides is 1. The highest BCUT2D eigenvalue weighted by atomic mass is 35.5. The molecule has 2 unspecified atom stereocenters. The van der Waals surface area contributed by atoms with Crippen molar-refractivity contribution in [3.8, 4) is 11.1 Å². The van der Waals surface area contributed by atoms with Gasteiger partial charge >= 0.3 is 0 Å². The molecule has 0 radical (unpaired) electrons. The summed E-state index contributed by atoms with van der Waals surface area (Å²) in [5.74, 6) is 0.536. The molecule has 0 spiro atoms. The second-order valence-electron chi connectivity index (χ2n) is 5.99. The lowest BCUT2D eigenvalue weighted by atomic mass is 9.94. The quantitative estimate of drug-likeness (QED) is 0.904. The van der Waals surface area contributed by atoms with Crippen molar-refractivity contribution in [2.75, 3.05) is 13.1 Å². The van der Waals surface area contributed by atoms with Gasteiger partial charge in [-0.25, -0.2) is 0 Å². The molecule has 122 valence electrons. The van der Waals surface area contributed by atoms with Gasteiger partial charge in [0.1, 0.15) is 0 Å². The predicted molar refractivity (Wildman–Crippen MR) is 97.0 cm³/mol. The van der Waals surface area contributed by atoms with Crippen LogP contribution in [0.2, 0.25) is 0 Å². The molecule has 1 aliphatic rings. The first-order chi connectivity index (χ1) is 10.7. The number of nitrogens with one attached hydrogen (secondary N) is 2. The summed E-state index contributed by atoms with van der Waals surface area (Å²) in [5, 5.41) is 6.48. The highest BCUT2D eigenvalue weighted by Crippen LogP contribution is 2.19. The maximum atomic E-state index is 12.4. The Bertz CT molecular complexity index is 628. The first-order valence-corrected chi connectivity index (χ1v) is 7.91. The molecular weight excluding hydrogens is 308 g/mol. The van der Waals surface area contributed by atoms with E-state index >= 15 is 0 Å². The lowest BCUT2D eigenvalue weighted by Gasteiger charge is -2.30. The molecule has 0 bridgehead atoms. The van der Waals surface area contributed by atoms with Crippen LogP contribution in [-0.2, 0) is 0 Å². The predicted octanol–water partition coefficient (Wildman–Crippen LogP) is 3.50. The van der Waals surface area contributed by atoms with E-state index in [9.17, 15) is 4.79 Å². The van der Waals surface area contributed by atoms with Gasteiger partial charge in [0.15, 0.2) is 0 Å². The number of benzene rings is 2. The van der Waals surface area contributed by atoms with Crippen molar-refractivity contribution in [3.63, 3.8) is 0 Å². The van der Waals surface area contributed by atoms with Gasteiger partial charge in [-0.05, 0) is 42.1 Å². The number of carbonyl (C=O) groups is 1. The van der Waals surface area contributed by atoms with Crippen LogP contribution < -0.4 is 10.6 Å². The maximum Gasteiger partial charge on any atom is 0.251 e. The highest BCUT2D eigenvalue weighted by Gasteiger charge is 2.22. The maximum absolute atomic E-state index is 12.4. The number of carbonyl (C=O) groups excluding carboxylic acids is 1. The topological polar surface area (TPSA) is 41.1 Å². The highest BCUT2D eigenvalue weighted by molar-refractivity contribution is 5.94. The largest absolute Gasteiger partial charge is 0.348 e. The Morgan fingerprint density at radius 2 is 1.70 bits per heavy atom. The van der Waals surface area contributed by atoms with Gasteiger partial charge in [-0.2, -0.15) is 0 Å². The molecule has 2 aromatic carbocycles. The fraction of sp³-hybridized carbons (Fsp3) is 0.316. The number of hydrogen-bond donors (Lipinski definition) is 2. The molecule has 2 atom stereocenters. The normalized spacial score (nSPS) is 20.4. The van der Waals surface area contributed by atoms with Gasteiger partial charge in [0.2, 0.25) is 0 Å². The summed E-state index contributed by atoms with van der Waals surface area (Å²) >= 11 is 0. The fourth-order valence-corrected chi connectivity index (χ4v) is 2.88. The van der Waals surface area contributed by atoms with E-state index in [1.54, 1.807) is 0 Å². The van der Waals surface area contributed by atoms with Crippen LogP contribution in [0.15, 0.2) is 54.6 Å². The third-order valence-corrected chi connectivity index (χ3v) is 4.40. The van der Waals surface area contributed by atoms with Crippen LogP contribution in [0.5, 0.6) is 0 Å². The third-order valence-electron chi connectivity index (χ3n) is 4.40. The molecule has 1 heterocycles. The Morgan fingerprint density at radius 3 is 2.35 bits per heavy atom. The minimum absolute atomic E-state index is 0. The zero-order valence-corrected chi connectivity index (χ0v) is 14.1. The Labute approximate surface area is 143 Å². The second kappa shape index (κ2) is 8.14. The Kier molecular flexibility index (Phi) is 6.20. The molecule has 4 heteroatoms. The van der Waals surface area contributed by atoms with Crippen molar-refractivity contribution in [3.05, 3.63) is 60.2 Å². The van der Waals surface area contributed by atoms with Crippen LogP contribution in [0, 0.1) is 5.92 Å². The molecule has 1 saturated heterocycles. The van der Waals surface area contributed by atoms with Crippen molar-refractivity contribution in [2.24, 2.45) is 5.92 Å². The minimum Gasteiger partial charge on any atom is -0.348 e. The third kappa shape index (κ3) is 4.34. The summed E-state index contributed by atoms with van der Waals surface area (Å²) in [7, 11) is 0. The van der Waals surface area contributed by atoms with Gasteiger partial charge in [-0.3, -0.25) is 4.79 Å². The minimum atomic E-state index is 0. The molecular formula is C19H23ClN2O. The number of halogens is 1. The molecule has 2 N–H and O–H groups in total. The van der Waals surface area contributed by atoms with Gasteiger partial charge in [0.05, 0.1) is 0 Å². The van der Waals surface area contributed by atoms with Crippen LogP contribution in [0.3, 0.4) is 0 Å². The van der Waals surface area contributed by atoms with Crippen molar-refractivity contribution in [2.45, 2.75) is 19.4 Å². The molecule has 23 heavy (non-hydrogen) atoms. The van der Waals surface area contributed by atoms with Crippen molar-refractivity contribution >= 4 is 18.3 Å². The first-order valence-electron chi connectivity index (χ1n) is 7.91. The van der Waals surface area contributed by atoms with Crippen molar-refractivity contribution < 1.29 is 4.79 Å². The average molecular weight is 331 g/mol. The van der Waals surface area contributed by atoms with Crippen LogP contribution in [0.4, 0.5) is 0 Å². The first kappa shape index (κ1) is 17.5. The Balaban J connectivity index is 0.00000192. The van der Waals surface area contributed by atoms with Gasteiger partial charge in [0.25, 0.3) is 5.91 Å². The molecule has 0 saturated carbocycles. The van der Waals surface area contributed by atoms with Gasteiger partial charge in [-0.15, -0.1) is 12.4 Å². The van der Waals surface area contributed by atoms with Crippen molar-refractivity contribution in [1.29, 1.82) is 0 Å². The summed E-state index contributed by atoms with van der Waals surface area (Å²) < 4.78 is 0. The summed E-state index contributed by atoms with van der Waals surface area (Å²) in [6.45, 7) is 4.10. The fourth-order valence-electron chi connectivity index (χ4n) is 2.88. The molecule has 3 rings (SSSR count). The Morgan fingerprint density at radius 1 is 1.04 bits per heavy atom. The van der Waals surface area contributed by atoms with E-state index < -0.39 is 0 Å². The standard InChI is InChI=1S/C19H22N2O.ClH/c1-14-11-12-20-13-18(14)21-19(22)17-9-7-16(8-10-17)15-5-3-2-4-6-15;/h2-10,14,18,20H,11-13H2,1H3,(H,21,22);1H. The number of hydrogen-bond acceptors (Lipinski definition) is 2. The molecule has 1 aliphatic heterocycles. The van der Waals surface area contributed by atoms with E-state index in [0.29, 0.717) is 5.92 Å². The summed E-state index contributed by atoms with van der Waals surface area (Å²) in [6, 6.07) is 18.2. The smallest absolute Gasteiger partial charge is 0.251 e. The van der Waals surface area contributed by atoms with Crippen LogP contribution in [0.25, 0.3) is 11.1 Å². The van der Waals surface area contributed by atoms with E-state index in [1.807, 2.05) is 42.5 Å². The molecule has 3 nitrogen and oxygen atoms in total. The van der Waals surface area contributed by atoms with Crippen LogP contribution >= 0.6 is 12.4 Å². The lowest BCUT2D eigenvalue weighted by Crippen LogP contribution is -2.50. The molecule has 2 aromatic rings. The number of rotatable bonds is 3. The molecule has 0 aliphatic carbocycles. The zero-order valence-electron chi connectivity index (χ0n) is 13.3. The number of piperidine rings is 1. The second-order valence-corrected chi connectivity index (χ2v) is 5.99. The summed E-state index contributed by atoms with van der Waals surface area (Å²) in [6.07, 6.45) is 1.11. The SMILES string of the molecule is CC1CCNCC1NC(=O)c1ccc(-c2ccccc2)cc1.Cl. The van der Waals surface area contributed by atoms with E-state index in [1.165, 1.54) is 5.56 Å². The van der Waals surface area contributed by atoms with E-state index in [-0.39, 0.29) is 24.4 Å². The lowest BCUT2D eigenvalue weighted by molar-refractivity contribution is 0.0915. The zero-order chi connectivity index (χ0) is 15.4. The summed E-state index contributed by atoms with van der Waals surface area (Å²) in [4.78, 5) is 12.4. The van der Waals surface area contributed by atoms with E-state index in [2.05, 4.69) is 29.7 Å². The van der Waals surface area contributed by atoms with Crippen molar-refractivity contribution in [1.82, 2.24) is 10.6 Å². The van der Waals surface area contributed by atoms with Crippen LogP contribution in [0.1, 0.15) is 23.7 Å². The van der Waals surface area contributed by atoms with Gasteiger partial charge in [-0.1, -0.05) is 49.4 Å². The summed E-state index contributed by atoms with van der Waals surface area (Å²) in [5.41, 5.74) is 3.02.